The van der Waals surface area contributed by atoms with Gasteiger partial charge in [-0.1, -0.05) is 5.16 Å². The summed E-state index contributed by atoms with van der Waals surface area (Å²) >= 11 is 0. The molecule has 29 heavy (non-hydrogen) atoms. The number of nitrogens with one attached hydrogen (secondary N) is 2. The summed E-state index contributed by atoms with van der Waals surface area (Å²) in [6, 6.07) is 1.88. The third-order valence-corrected chi connectivity index (χ3v) is 6.57. The normalized spacial score (nSPS) is 22.0. The van der Waals surface area contributed by atoms with E-state index in [1.165, 1.54) is 0 Å². The van der Waals surface area contributed by atoms with E-state index in [1.807, 2.05) is 6.07 Å². The van der Waals surface area contributed by atoms with Crippen LogP contribution in [0.2, 0.25) is 0 Å². The number of sulfonamides is 1. The van der Waals surface area contributed by atoms with Gasteiger partial charge in [-0.2, -0.15) is 0 Å². The third kappa shape index (κ3) is 7.25. The molecule has 0 radical (unpaired) electrons. The summed E-state index contributed by atoms with van der Waals surface area (Å²) in [5.74, 6) is 0.738. The molecular formula is C18H32N6O4S. The Morgan fingerprint density at radius 2 is 2.14 bits per heavy atom. The van der Waals surface area contributed by atoms with E-state index in [4.69, 9.17) is 9.26 Å². The summed E-state index contributed by atoms with van der Waals surface area (Å²) in [5, 5.41) is 7.13. The molecule has 2 fully saturated rings. The zero-order valence-electron chi connectivity index (χ0n) is 17.0. The van der Waals surface area contributed by atoms with Crippen LogP contribution >= 0.6 is 0 Å². The molecule has 3 rings (SSSR count). The minimum atomic E-state index is -3.34. The first-order valence-corrected chi connectivity index (χ1v) is 11.9. The van der Waals surface area contributed by atoms with Gasteiger partial charge in [-0.3, -0.25) is 9.89 Å². The molecule has 0 bridgehead atoms. The van der Waals surface area contributed by atoms with E-state index in [0.717, 1.165) is 70.2 Å². The van der Waals surface area contributed by atoms with E-state index in [0.29, 0.717) is 13.1 Å². The van der Waals surface area contributed by atoms with Crippen molar-refractivity contribution in [2.24, 2.45) is 4.99 Å². The molecule has 3 heterocycles. The fourth-order valence-corrected chi connectivity index (χ4v) is 4.51. The van der Waals surface area contributed by atoms with Crippen LogP contribution in [0.4, 0.5) is 0 Å². The molecule has 0 saturated carbocycles. The highest BCUT2D eigenvalue weighted by Gasteiger charge is 2.21. The fraction of sp³-hybridized carbons (Fsp3) is 0.778. The number of rotatable bonds is 8. The van der Waals surface area contributed by atoms with E-state index in [-0.39, 0.29) is 11.9 Å². The van der Waals surface area contributed by atoms with Gasteiger partial charge in [0.25, 0.3) is 0 Å². The summed E-state index contributed by atoms with van der Waals surface area (Å²) in [5.41, 5.74) is 0.928. The van der Waals surface area contributed by atoms with E-state index in [2.05, 4.69) is 30.0 Å². The number of hydrogen-bond acceptors (Lipinski definition) is 7. The second-order valence-corrected chi connectivity index (χ2v) is 9.31. The zero-order chi connectivity index (χ0) is 20.5. The van der Waals surface area contributed by atoms with E-state index >= 15 is 0 Å². The van der Waals surface area contributed by atoms with Gasteiger partial charge in [0.15, 0.2) is 5.96 Å². The predicted octanol–water partition coefficient (Wildman–Crippen LogP) is -0.144. The lowest BCUT2D eigenvalue weighted by Gasteiger charge is -2.36. The van der Waals surface area contributed by atoms with Crippen molar-refractivity contribution in [2.75, 3.05) is 58.7 Å². The van der Waals surface area contributed by atoms with Crippen LogP contribution in [0.15, 0.2) is 21.8 Å². The average Bonchev–Trinajstić information content (AvgIpc) is 3.24. The van der Waals surface area contributed by atoms with Crippen molar-refractivity contribution >= 4 is 16.0 Å². The minimum Gasteiger partial charge on any atom is -0.377 e. The van der Waals surface area contributed by atoms with Gasteiger partial charge in [-0.15, -0.1) is 0 Å². The SMILES string of the molecule is CN=C(NCCS(=O)(=O)NCC1CCCCO1)N1CCN(Cc2ccon2)CC1. The van der Waals surface area contributed by atoms with Gasteiger partial charge in [0, 0.05) is 65.5 Å². The number of aliphatic imine (C=N–C) groups is 1. The molecule has 2 saturated heterocycles. The summed E-state index contributed by atoms with van der Waals surface area (Å²) in [6.07, 6.45) is 4.64. The molecule has 2 N–H and O–H groups in total. The first-order valence-electron chi connectivity index (χ1n) is 10.2. The van der Waals surface area contributed by atoms with E-state index in [1.54, 1.807) is 13.3 Å². The number of hydrogen-bond donors (Lipinski definition) is 2. The maximum absolute atomic E-state index is 12.2. The van der Waals surface area contributed by atoms with Gasteiger partial charge in [-0.25, -0.2) is 13.1 Å². The summed E-state index contributed by atoms with van der Waals surface area (Å²) in [4.78, 5) is 8.76. The molecule has 0 aromatic carbocycles. The summed E-state index contributed by atoms with van der Waals surface area (Å²) in [6.45, 7) is 5.56. The number of ether oxygens (including phenoxy) is 1. The molecule has 11 heteroatoms. The Balaban J connectivity index is 1.35. The van der Waals surface area contributed by atoms with Gasteiger partial charge in [0.05, 0.1) is 17.6 Å². The second-order valence-electron chi connectivity index (χ2n) is 7.38. The number of piperazine rings is 1. The van der Waals surface area contributed by atoms with Crippen molar-refractivity contribution in [3.8, 4) is 0 Å². The van der Waals surface area contributed by atoms with Crippen molar-refractivity contribution < 1.29 is 17.7 Å². The standard InChI is InChI=1S/C18H32N6O4S/c1-19-18(24-9-7-23(8-10-24)15-16-5-12-28-22-16)20-6-13-29(25,26)21-14-17-4-2-3-11-27-17/h5,12,17,21H,2-4,6-11,13-15H2,1H3,(H,19,20). The maximum atomic E-state index is 12.2. The smallest absolute Gasteiger partial charge is 0.213 e. The van der Waals surface area contributed by atoms with Crippen LogP contribution in [-0.2, 0) is 21.3 Å². The fourth-order valence-electron chi connectivity index (χ4n) is 3.56. The summed E-state index contributed by atoms with van der Waals surface area (Å²) in [7, 11) is -1.62. The Morgan fingerprint density at radius 3 is 2.79 bits per heavy atom. The molecule has 0 aliphatic carbocycles. The monoisotopic (exact) mass is 428 g/mol. The molecule has 0 spiro atoms. The van der Waals surface area contributed by atoms with E-state index < -0.39 is 10.0 Å². The Labute approximate surface area is 172 Å². The van der Waals surface area contributed by atoms with Gasteiger partial charge in [0.2, 0.25) is 10.0 Å². The van der Waals surface area contributed by atoms with Crippen molar-refractivity contribution in [1.29, 1.82) is 0 Å². The molecular weight excluding hydrogens is 396 g/mol. The first kappa shape index (κ1) is 22.0. The molecule has 1 aromatic rings. The Kier molecular flexibility index (Phi) is 8.28. The molecule has 1 atom stereocenters. The van der Waals surface area contributed by atoms with Gasteiger partial charge < -0.3 is 19.5 Å². The highest BCUT2D eigenvalue weighted by Crippen LogP contribution is 2.12. The lowest BCUT2D eigenvalue weighted by Crippen LogP contribution is -2.52. The largest absolute Gasteiger partial charge is 0.377 e. The molecule has 164 valence electrons. The van der Waals surface area contributed by atoms with Crippen LogP contribution < -0.4 is 10.0 Å². The highest BCUT2D eigenvalue weighted by molar-refractivity contribution is 7.89. The molecule has 1 unspecified atom stereocenters. The molecule has 10 nitrogen and oxygen atoms in total. The van der Waals surface area contributed by atoms with Gasteiger partial charge in [-0.05, 0) is 19.3 Å². The van der Waals surface area contributed by atoms with Gasteiger partial charge in [0.1, 0.15) is 6.26 Å². The van der Waals surface area contributed by atoms with Crippen molar-refractivity contribution in [3.05, 3.63) is 18.0 Å². The zero-order valence-corrected chi connectivity index (χ0v) is 17.9. The Hall–Kier alpha value is -1.69. The second kappa shape index (κ2) is 10.9. The van der Waals surface area contributed by atoms with Gasteiger partial charge >= 0.3 is 0 Å². The average molecular weight is 429 g/mol. The van der Waals surface area contributed by atoms with E-state index in [9.17, 15) is 8.42 Å². The van der Waals surface area contributed by atoms with Crippen molar-refractivity contribution in [1.82, 2.24) is 25.0 Å². The predicted molar refractivity (Wildman–Crippen MR) is 110 cm³/mol. The third-order valence-electron chi connectivity index (χ3n) is 5.22. The number of nitrogens with zero attached hydrogens (tertiary/aromatic N) is 4. The lowest BCUT2D eigenvalue weighted by atomic mass is 10.1. The van der Waals surface area contributed by atoms with Crippen LogP contribution in [0.5, 0.6) is 0 Å². The van der Waals surface area contributed by atoms with Crippen molar-refractivity contribution in [2.45, 2.75) is 31.9 Å². The molecule has 1 aromatic heterocycles. The van der Waals surface area contributed by atoms with Crippen LogP contribution in [0.1, 0.15) is 25.0 Å². The highest BCUT2D eigenvalue weighted by atomic mass is 32.2. The van der Waals surface area contributed by atoms with Crippen LogP contribution in [0.3, 0.4) is 0 Å². The lowest BCUT2D eigenvalue weighted by molar-refractivity contribution is 0.0200. The Bertz CT molecular complexity index is 726. The first-order chi connectivity index (χ1) is 14.1. The van der Waals surface area contributed by atoms with Crippen molar-refractivity contribution in [3.63, 3.8) is 0 Å². The number of aromatic nitrogens is 1. The molecule has 0 amide bonds. The maximum Gasteiger partial charge on any atom is 0.213 e. The number of guanidine groups is 1. The van der Waals surface area contributed by atoms with Crippen LogP contribution in [0.25, 0.3) is 0 Å². The summed E-state index contributed by atoms with van der Waals surface area (Å²) < 4.78 is 37.6. The quantitative estimate of drug-likeness (QED) is 0.435. The van der Waals surface area contributed by atoms with Crippen LogP contribution in [0, 0.1) is 0 Å². The minimum absolute atomic E-state index is 0.00483. The Morgan fingerprint density at radius 1 is 1.31 bits per heavy atom. The van der Waals surface area contributed by atoms with Crippen LogP contribution in [-0.4, -0.2) is 94.1 Å². The molecule has 2 aliphatic rings. The topological polar surface area (TPSA) is 112 Å². The molecule has 2 aliphatic heterocycles.